The Hall–Kier alpha value is -1.13. The number of nitrogens with zero attached hydrogens (tertiary/aromatic N) is 1. The predicted molar refractivity (Wildman–Crippen MR) is 71.0 cm³/mol. The summed E-state index contributed by atoms with van der Waals surface area (Å²) in [4.78, 5) is 2.00. The van der Waals surface area contributed by atoms with Crippen molar-refractivity contribution in [3.8, 4) is 0 Å². The first-order valence-corrected chi connectivity index (χ1v) is 6.62. The molecular formula is C14H21FN2O. The molecule has 0 aliphatic carbocycles. The number of hydrogen-bond donors (Lipinski definition) is 2. The van der Waals surface area contributed by atoms with Crippen molar-refractivity contribution in [1.82, 2.24) is 0 Å². The maximum absolute atomic E-state index is 14.1. The predicted octanol–water partition coefficient (Wildman–Crippen LogP) is 2.03. The van der Waals surface area contributed by atoms with E-state index in [-0.39, 0.29) is 18.5 Å². The quantitative estimate of drug-likeness (QED) is 0.865. The molecule has 0 spiro atoms. The van der Waals surface area contributed by atoms with Crippen molar-refractivity contribution in [3.05, 3.63) is 29.6 Å². The van der Waals surface area contributed by atoms with E-state index in [2.05, 4.69) is 0 Å². The van der Waals surface area contributed by atoms with Gasteiger partial charge < -0.3 is 15.7 Å². The fraction of sp³-hybridized carbons (Fsp3) is 0.571. The molecule has 18 heavy (non-hydrogen) atoms. The molecular weight excluding hydrogens is 231 g/mol. The minimum absolute atomic E-state index is 0.0331. The first-order valence-electron chi connectivity index (χ1n) is 6.62. The zero-order valence-electron chi connectivity index (χ0n) is 10.6. The smallest absolute Gasteiger partial charge is 0.146 e. The second-order valence-corrected chi connectivity index (χ2v) is 4.87. The van der Waals surface area contributed by atoms with Crippen molar-refractivity contribution < 1.29 is 9.50 Å². The maximum Gasteiger partial charge on any atom is 0.146 e. The Morgan fingerprint density at radius 1 is 1.33 bits per heavy atom. The van der Waals surface area contributed by atoms with Gasteiger partial charge in [-0.05, 0) is 30.5 Å². The molecule has 1 fully saturated rings. The average molecular weight is 252 g/mol. The topological polar surface area (TPSA) is 49.5 Å². The molecule has 100 valence electrons. The molecule has 0 bridgehead atoms. The van der Waals surface area contributed by atoms with Crippen LogP contribution in [0.3, 0.4) is 0 Å². The van der Waals surface area contributed by atoms with Gasteiger partial charge in [-0.15, -0.1) is 0 Å². The third kappa shape index (κ3) is 2.82. The van der Waals surface area contributed by atoms with Gasteiger partial charge in [0.05, 0.1) is 18.3 Å². The van der Waals surface area contributed by atoms with E-state index in [1.807, 2.05) is 11.0 Å². The fourth-order valence-corrected chi connectivity index (χ4v) is 2.59. The van der Waals surface area contributed by atoms with Gasteiger partial charge in [-0.3, -0.25) is 0 Å². The molecule has 1 aliphatic heterocycles. The van der Waals surface area contributed by atoms with Crippen LogP contribution in [-0.4, -0.2) is 24.3 Å². The Balaban J connectivity index is 2.27. The lowest BCUT2D eigenvalue weighted by atomic mass is 10.1. The van der Waals surface area contributed by atoms with E-state index in [1.165, 1.54) is 6.07 Å². The van der Waals surface area contributed by atoms with Crippen molar-refractivity contribution in [3.63, 3.8) is 0 Å². The average Bonchev–Trinajstić information content (AvgIpc) is 2.63. The summed E-state index contributed by atoms with van der Waals surface area (Å²) >= 11 is 0. The van der Waals surface area contributed by atoms with Crippen LogP contribution in [0.5, 0.6) is 0 Å². The van der Waals surface area contributed by atoms with Gasteiger partial charge >= 0.3 is 0 Å². The molecule has 1 aromatic rings. The minimum atomic E-state index is -0.238. The van der Waals surface area contributed by atoms with Crippen LogP contribution in [-0.2, 0) is 6.54 Å². The van der Waals surface area contributed by atoms with Gasteiger partial charge in [-0.2, -0.15) is 0 Å². The van der Waals surface area contributed by atoms with Gasteiger partial charge in [0.25, 0.3) is 0 Å². The van der Waals surface area contributed by atoms with E-state index in [1.54, 1.807) is 6.07 Å². The molecule has 2 rings (SSSR count). The van der Waals surface area contributed by atoms with Crippen LogP contribution >= 0.6 is 0 Å². The van der Waals surface area contributed by atoms with Crippen molar-refractivity contribution in [2.24, 2.45) is 5.73 Å². The van der Waals surface area contributed by atoms with E-state index >= 15 is 0 Å². The first kappa shape index (κ1) is 13.3. The number of anilines is 1. The van der Waals surface area contributed by atoms with E-state index in [4.69, 9.17) is 5.73 Å². The van der Waals surface area contributed by atoms with E-state index < -0.39 is 0 Å². The Morgan fingerprint density at radius 2 is 2.17 bits per heavy atom. The highest BCUT2D eigenvalue weighted by Gasteiger charge is 2.22. The fourth-order valence-electron chi connectivity index (χ4n) is 2.59. The summed E-state index contributed by atoms with van der Waals surface area (Å²) in [6.07, 6.45) is 4.23. The Labute approximate surface area is 107 Å². The van der Waals surface area contributed by atoms with Gasteiger partial charge in [0, 0.05) is 13.1 Å². The molecule has 3 nitrogen and oxygen atoms in total. The molecule has 1 unspecified atom stereocenters. The highest BCUT2D eigenvalue weighted by Crippen LogP contribution is 2.27. The van der Waals surface area contributed by atoms with Gasteiger partial charge in [-0.1, -0.05) is 18.9 Å². The van der Waals surface area contributed by atoms with Gasteiger partial charge in [-0.25, -0.2) is 4.39 Å². The molecule has 3 N–H and O–H groups in total. The third-order valence-electron chi connectivity index (χ3n) is 3.65. The van der Waals surface area contributed by atoms with Crippen molar-refractivity contribution in [2.75, 3.05) is 18.1 Å². The Bertz CT molecular complexity index is 397. The first-order chi connectivity index (χ1) is 8.76. The summed E-state index contributed by atoms with van der Waals surface area (Å²) in [7, 11) is 0. The normalized spacial score (nSPS) is 20.8. The lowest BCUT2D eigenvalue weighted by molar-refractivity contribution is 0.254. The van der Waals surface area contributed by atoms with Crippen LogP contribution in [0.4, 0.5) is 10.1 Å². The number of aliphatic hydroxyl groups excluding tert-OH is 1. The monoisotopic (exact) mass is 252 g/mol. The van der Waals surface area contributed by atoms with Crippen LogP contribution < -0.4 is 10.6 Å². The van der Waals surface area contributed by atoms with Crippen molar-refractivity contribution >= 4 is 5.69 Å². The maximum atomic E-state index is 14.1. The molecule has 0 amide bonds. The highest BCUT2D eigenvalue weighted by molar-refractivity contribution is 5.50. The minimum Gasteiger partial charge on any atom is -0.394 e. The van der Waals surface area contributed by atoms with Crippen LogP contribution in [0, 0.1) is 5.82 Å². The van der Waals surface area contributed by atoms with Gasteiger partial charge in [0.2, 0.25) is 0 Å². The lowest BCUT2D eigenvalue weighted by Gasteiger charge is -2.31. The number of nitrogens with two attached hydrogens (primary N) is 1. The Morgan fingerprint density at radius 3 is 2.83 bits per heavy atom. The largest absolute Gasteiger partial charge is 0.394 e. The van der Waals surface area contributed by atoms with Crippen LogP contribution in [0.2, 0.25) is 0 Å². The summed E-state index contributed by atoms with van der Waals surface area (Å²) in [6.45, 7) is 1.24. The molecule has 0 aromatic heterocycles. The number of rotatable bonds is 3. The van der Waals surface area contributed by atoms with E-state index in [0.717, 1.165) is 37.8 Å². The highest BCUT2D eigenvalue weighted by atomic mass is 19.1. The summed E-state index contributed by atoms with van der Waals surface area (Å²) in [6, 6.07) is 5.17. The molecule has 1 saturated heterocycles. The van der Waals surface area contributed by atoms with Gasteiger partial charge in [0.15, 0.2) is 0 Å². The molecule has 1 atom stereocenters. The lowest BCUT2D eigenvalue weighted by Crippen LogP contribution is -2.38. The molecule has 0 radical (unpaired) electrons. The van der Waals surface area contributed by atoms with Crippen molar-refractivity contribution in [1.29, 1.82) is 0 Å². The van der Waals surface area contributed by atoms with E-state index in [0.29, 0.717) is 12.2 Å². The molecule has 4 heteroatoms. The van der Waals surface area contributed by atoms with E-state index in [9.17, 15) is 9.50 Å². The molecule has 1 aliphatic rings. The van der Waals surface area contributed by atoms with Crippen LogP contribution in [0.1, 0.15) is 31.2 Å². The molecule has 1 heterocycles. The van der Waals surface area contributed by atoms with Crippen LogP contribution in [0.15, 0.2) is 18.2 Å². The zero-order chi connectivity index (χ0) is 13.0. The number of hydrogen-bond acceptors (Lipinski definition) is 3. The zero-order valence-corrected chi connectivity index (χ0v) is 10.6. The summed E-state index contributed by atoms with van der Waals surface area (Å²) < 4.78 is 14.1. The number of halogens is 1. The third-order valence-corrected chi connectivity index (χ3v) is 3.65. The second kappa shape index (κ2) is 6.16. The Kier molecular flexibility index (Phi) is 4.55. The number of benzene rings is 1. The van der Waals surface area contributed by atoms with Gasteiger partial charge in [0.1, 0.15) is 5.82 Å². The van der Waals surface area contributed by atoms with Crippen molar-refractivity contribution in [2.45, 2.75) is 38.3 Å². The second-order valence-electron chi connectivity index (χ2n) is 4.87. The number of aliphatic hydroxyl groups is 1. The summed E-state index contributed by atoms with van der Waals surface area (Å²) in [5.74, 6) is -0.238. The summed E-state index contributed by atoms with van der Waals surface area (Å²) in [5, 5.41) is 9.46. The standard InChI is InChI=1S/C14H21FN2O/c15-13-8-11(9-16)5-6-14(13)17-7-3-1-2-4-12(17)10-18/h5-6,8,12,18H,1-4,7,9-10,16H2. The SMILES string of the molecule is NCc1ccc(N2CCCCCC2CO)c(F)c1. The van der Waals surface area contributed by atoms with Crippen LogP contribution in [0.25, 0.3) is 0 Å². The summed E-state index contributed by atoms with van der Waals surface area (Å²) in [5.41, 5.74) is 6.89. The molecule has 1 aromatic carbocycles. The molecule has 0 saturated carbocycles.